The average molecular weight is 893 g/mol. The molecule has 0 N–H and O–H groups in total. The Hall–Kier alpha value is -6.52. The number of hydrogen-bond donors (Lipinski definition) is 0. The molecule has 0 amide bonds. The first-order chi connectivity index (χ1) is 30.3. The van der Waals surface area contributed by atoms with Gasteiger partial charge in [0, 0.05) is 12.8 Å². The van der Waals surface area contributed by atoms with Crippen LogP contribution in [0.15, 0.2) is 121 Å². The van der Waals surface area contributed by atoms with Gasteiger partial charge < -0.3 is 28.4 Å². The molecule has 10 nitrogen and oxygen atoms in total. The average Bonchev–Trinajstić information content (AvgIpc) is 3.26. The highest BCUT2D eigenvalue weighted by Crippen LogP contribution is 2.36. The quantitative estimate of drug-likeness (QED) is 0.0404. The Bertz CT molecular complexity index is 2370. The van der Waals surface area contributed by atoms with E-state index in [1.165, 1.54) is 34.1 Å². The van der Waals surface area contributed by atoms with Gasteiger partial charge in [0.25, 0.3) is 0 Å². The largest absolute Gasteiger partial charge is 0.497 e. The summed E-state index contributed by atoms with van der Waals surface area (Å²) in [5, 5.41) is 3.30. The Morgan fingerprint density at radius 3 is 1.09 bits per heavy atom. The van der Waals surface area contributed by atoms with E-state index in [-0.39, 0.29) is 24.3 Å². The van der Waals surface area contributed by atoms with Crippen LogP contribution < -0.4 is 18.9 Å². The maximum Gasteiger partial charge on any atom is 0.419 e. The molecule has 16 heteroatoms. The molecule has 4 atom stereocenters. The molecule has 0 spiro atoms. The fourth-order valence-electron chi connectivity index (χ4n) is 6.86. The summed E-state index contributed by atoms with van der Waals surface area (Å²) in [6, 6.07) is 30.2. The highest BCUT2D eigenvalue weighted by molar-refractivity contribution is 6.29. The van der Waals surface area contributed by atoms with Crippen molar-refractivity contribution in [1.29, 1.82) is 0 Å². The summed E-state index contributed by atoms with van der Waals surface area (Å²) in [6.07, 6.45) is -13.3. The number of carbonyl (C=O) groups is 2. The lowest BCUT2D eigenvalue weighted by Gasteiger charge is -2.30. The second-order valence-corrected chi connectivity index (χ2v) is 15.3. The molecule has 0 bridgehead atoms. The number of methoxy groups -OCH3 is 2. The van der Waals surface area contributed by atoms with E-state index in [1.54, 1.807) is 66.7 Å². The van der Waals surface area contributed by atoms with Gasteiger partial charge in [-0.3, -0.25) is 9.80 Å². The number of benzene rings is 6. The molecule has 6 aromatic rings. The number of halogens is 6. The second-order valence-electron chi connectivity index (χ2n) is 15.3. The third-order valence-corrected chi connectivity index (χ3v) is 10.4. The summed E-state index contributed by atoms with van der Waals surface area (Å²) < 4.78 is 115. The minimum Gasteiger partial charge on any atom is -0.497 e. The highest BCUT2D eigenvalue weighted by atomic mass is 19.4. The molecule has 0 aliphatic rings. The third-order valence-electron chi connectivity index (χ3n) is 10.4. The van der Waals surface area contributed by atoms with Crippen molar-refractivity contribution in [2.24, 2.45) is 0 Å². The smallest absolute Gasteiger partial charge is 0.419 e. The molecule has 0 heterocycles. The number of nitrogens with zero attached hydrogens (tertiary/aromatic N) is 2. The van der Waals surface area contributed by atoms with E-state index in [0.29, 0.717) is 22.6 Å². The van der Waals surface area contributed by atoms with Crippen LogP contribution in [-0.2, 0) is 31.4 Å². The van der Waals surface area contributed by atoms with Gasteiger partial charge in [-0.25, -0.2) is 9.59 Å². The molecular formula is C48H46F6N2O8. The van der Waals surface area contributed by atoms with Crippen molar-refractivity contribution in [1.82, 2.24) is 9.80 Å². The van der Waals surface area contributed by atoms with Crippen LogP contribution in [0.2, 0.25) is 0 Å². The second kappa shape index (κ2) is 19.9. The van der Waals surface area contributed by atoms with E-state index in [2.05, 4.69) is 0 Å². The van der Waals surface area contributed by atoms with Gasteiger partial charge in [-0.05, 0) is 146 Å². The van der Waals surface area contributed by atoms with Crippen molar-refractivity contribution in [2.45, 2.75) is 49.9 Å². The van der Waals surface area contributed by atoms with Gasteiger partial charge in [-0.15, -0.1) is 0 Å². The summed E-state index contributed by atoms with van der Waals surface area (Å²) in [5.74, 6) is -1.18. The predicted octanol–water partition coefficient (Wildman–Crippen LogP) is 10.6. The summed E-state index contributed by atoms with van der Waals surface area (Å²) in [6.45, 7) is 0. The summed E-state index contributed by atoms with van der Waals surface area (Å²) >= 11 is 0. The van der Waals surface area contributed by atoms with Crippen LogP contribution in [0.25, 0.3) is 21.5 Å². The molecule has 0 aromatic heterocycles. The molecule has 338 valence electrons. The molecule has 6 aromatic carbocycles. The molecule has 0 aliphatic heterocycles. The molecule has 0 radical (unpaired) electrons. The SMILES string of the molecule is COc1ccc2cc(C(CC(OC(=O)C(=O)OC(CC(Oc3ccc(C(F)(F)F)cc3)c3ccc4cc(OC)ccc4c3)N(C)C)N(C)C)Oc3ccc(C(F)(F)F)cc3)ccc2c1. The number of esters is 2. The molecule has 6 rings (SSSR count). The van der Waals surface area contributed by atoms with Crippen LogP contribution in [-0.4, -0.2) is 76.6 Å². The van der Waals surface area contributed by atoms with Crippen LogP contribution in [0.5, 0.6) is 23.0 Å². The first kappa shape index (κ1) is 47.0. The van der Waals surface area contributed by atoms with Crippen LogP contribution in [0.1, 0.15) is 47.3 Å². The van der Waals surface area contributed by atoms with Gasteiger partial charge in [0.1, 0.15) is 35.2 Å². The van der Waals surface area contributed by atoms with Crippen LogP contribution >= 0.6 is 0 Å². The van der Waals surface area contributed by atoms with Gasteiger partial charge in [-0.1, -0.05) is 36.4 Å². The number of rotatable bonds is 16. The molecule has 64 heavy (non-hydrogen) atoms. The van der Waals surface area contributed by atoms with Crippen molar-refractivity contribution in [3.63, 3.8) is 0 Å². The Kier molecular flexibility index (Phi) is 14.6. The molecular weight excluding hydrogens is 847 g/mol. The molecule has 0 saturated heterocycles. The van der Waals surface area contributed by atoms with Crippen LogP contribution in [0.4, 0.5) is 26.3 Å². The van der Waals surface area contributed by atoms with E-state index in [1.807, 2.05) is 48.5 Å². The third kappa shape index (κ3) is 11.9. The number of alkyl halides is 6. The van der Waals surface area contributed by atoms with Crippen molar-refractivity contribution in [2.75, 3.05) is 42.4 Å². The first-order valence-corrected chi connectivity index (χ1v) is 19.9. The maximum atomic E-state index is 13.6. The molecule has 0 fully saturated rings. The lowest BCUT2D eigenvalue weighted by atomic mass is 10.0. The Labute approximate surface area is 365 Å². The standard InChI is InChI=1S/C48H46F6N2O8/c1-55(2)43(27-41(61-37-19-13-35(14-20-37)47(49,50)51)33-9-7-31-25-39(59-5)17-11-29(31)23-33)63-45(57)46(58)64-44(56(3)4)28-42(62-38-21-15-36(16-22-38)48(52,53)54)34-10-8-32-26-40(60-6)18-12-30(32)24-34/h7-26,41-44H,27-28H2,1-6H3. The number of hydrogen-bond acceptors (Lipinski definition) is 10. The number of fused-ring (bicyclic) bond motifs is 2. The van der Waals surface area contributed by atoms with E-state index < -0.39 is 60.1 Å². The molecule has 0 aliphatic carbocycles. The van der Waals surface area contributed by atoms with E-state index in [4.69, 9.17) is 28.4 Å². The first-order valence-electron chi connectivity index (χ1n) is 19.9. The zero-order chi connectivity index (χ0) is 46.3. The Morgan fingerprint density at radius 2 is 0.781 bits per heavy atom. The summed E-state index contributed by atoms with van der Waals surface area (Å²) in [5.41, 5.74) is -0.520. The zero-order valence-corrected chi connectivity index (χ0v) is 35.7. The van der Waals surface area contributed by atoms with Gasteiger partial charge in [0.05, 0.1) is 25.3 Å². The van der Waals surface area contributed by atoms with Gasteiger partial charge in [-0.2, -0.15) is 26.3 Å². The minimum absolute atomic E-state index is 0.0807. The minimum atomic E-state index is -4.56. The van der Waals surface area contributed by atoms with Crippen molar-refractivity contribution < 1.29 is 64.4 Å². The molecule has 4 unspecified atom stereocenters. The predicted molar refractivity (Wildman–Crippen MR) is 227 cm³/mol. The Morgan fingerprint density at radius 1 is 0.469 bits per heavy atom. The Balaban J connectivity index is 1.23. The van der Waals surface area contributed by atoms with Crippen LogP contribution in [0, 0.1) is 0 Å². The van der Waals surface area contributed by atoms with Gasteiger partial charge in [0.15, 0.2) is 12.5 Å². The fourth-order valence-corrected chi connectivity index (χ4v) is 6.86. The number of carbonyl (C=O) groups excluding carboxylic acids is 2. The van der Waals surface area contributed by atoms with E-state index in [0.717, 1.165) is 45.8 Å². The van der Waals surface area contributed by atoms with E-state index in [9.17, 15) is 35.9 Å². The zero-order valence-electron chi connectivity index (χ0n) is 35.7. The monoisotopic (exact) mass is 892 g/mol. The summed E-state index contributed by atoms with van der Waals surface area (Å²) in [4.78, 5) is 30.2. The van der Waals surface area contributed by atoms with Crippen molar-refractivity contribution in [3.8, 4) is 23.0 Å². The highest BCUT2D eigenvalue weighted by Gasteiger charge is 2.34. The van der Waals surface area contributed by atoms with Crippen molar-refractivity contribution >= 4 is 33.5 Å². The lowest BCUT2D eigenvalue weighted by Crippen LogP contribution is -2.41. The maximum absolute atomic E-state index is 13.6. The van der Waals surface area contributed by atoms with E-state index >= 15 is 0 Å². The number of ether oxygens (including phenoxy) is 6. The van der Waals surface area contributed by atoms with Crippen LogP contribution in [0.3, 0.4) is 0 Å². The van der Waals surface area contributed by atoms with Crippen molar-refractivity contribution in [3.05, 3.63) is 144 Å². The lowest BCUT2D eigenvalue weighted by molar-refractivity contribution is -0.185. The summed E-state index contributed by atoms with van der Waals surface area (Å²) in [7, 11) is 9.52. The van der Waals surface area contributed by atoms with Gasteiger partial charge >= 0.3 is 24.3 Å². The normalized spacial score (nSPS) is 13.9. The topological polar surface area (TPSA) is 96.0 Å². The fraction of sp³-hybridized carbons (Fsp3) is 0.292. The molecule has 0 saturated carbocycles. The van der Waals surface area contributed by atoms with Gasteiger partial charge in [0.2, 0.25) is 0 Å².